The molecular formula is C10H19N3O2. The Labute approximate surface area is 89.9 Å². The molecule has 1 heterocycles. The molecule has 0 amide bonds. The quantitative estimate of drug-likeness (QED) is 0.621. The van der Waals surface area contributed by atoms with Gasteiger partial charge in [0, 0.05) is 26.5 Å². The Hall–Kier alpha value is -0.940. The predicted molar refractivity (Wildman–Crippen MR) is 56.5 cm³/mol. The third-order valence-corrected chi connectivity index (χ3v) is 2.11. The van der Waals surface area contributed by atoms with Crippen LogP contribution in [-0.4, -0.2) is 34.9 Å². The van der Waals surface area contributed by atoms with Crippen molar-refractivity contribution < 1.29 is 9.63 Å². The Kier molecular flexibility index (Phi) is 5.96. The number of nitrogens with one attached hydrogen (secondary N) is 1. The molecular weight excluding hydrogens is 194 g/mol. The minimum Gasteiger partial charge on any atom is -0.396 e. The van der Waals surface area contributed by atoms with E-state index in [1.807, 2.05) is 0 Å². The fraction of sp³-hybridized carbons (Fsp3) is 0.800. The molecule has 0 saturated carbocycles. The zero-order valence-electron chi connectivity index (χ0n) is 9.20. The predicted octanol–water partition coefficient (Wildman–Crippen LogP) is 0.673. The summed E-state index contributed by atoms with van der Waals surface area (Å²) >= 11 is 0. The molecule has 0 aliphatic heterocycles. The summed E-state index contributed by atoms with van der Waals surface area (Å²) in [5.41, 5.74) is 0. The van der Waals surface area contributed by atoms with E-state index in [9.17, 15) is 0 Å². The third-order valence-electron chi connectivity index (χ3n) is 2.11. The number of hydrogen-bond acceptors (Lipinski definition) is 5. The van der Waals surface area contributed by atoms with Crippen LogP contribution in [-0.2, 0) is 6.42 Å². The van der Waals surface area contributed by atoms with Crippen LogP contribution in [0.2, 0.25) is 0 Å². The molecule has 86 valence electrons. The van der Waals surface area contributed by atoms with Crippen LogP contribution in [0, 0.1) is 6.92 Å². The van der Waals surface area contributed by atoms with Gasteiger partial charge in [0.2, 0.25) is 5.89 Å². The molecule has 0 unspecified atom stereocenters. The molecule has 1 rings (SSSR count). The normalized spacial score (nSPS) is 10.8. The largest absolute Gasteiger partial charge is 0.396 e. The summed E-state index contributed by atoms with van der Waals surface area (Å²) in [6.45, 7) is 3.94. The number of unbranched alkanes of at least 4 members (excludes halogenated alkanes) is 2. The van der Waals surface area contributed by atoms with E-state index in [-0.39, 0.29) is 0 Å². The number of rotatable bonds is 8. The maximum Gasteiger partial charge on any atom is 0.223 e. The van der Waals surface area contributed by atoms with Crippen molar-refractivity contribution in [3.63, 3.8) is 0 Å². The second-order valence-electron chi connectivity index (χ2n) is 3.51. The molecule has 15 heavy (non-hydrogen) atoms. The van der Waals surface area contributed by atoms with Crippen molar-refractivity contribution in [2.75, 3.05) is 19.7 Å². The summed E-state index contributed by atoms with van der Waals surface area (Å²) < 4.78 is 4.86. The molecule has 0 saturated heterocycles. The Bertz CT molecular complexity index is 263. The fourth-order valence-corrected chi connectivity index (χ4v) is 1.31. The SMILES string of the molecule is Cc1nc(CCNCCCCCO)no1. The molecule has 0 bridgehead atoms. The van der Waals surface area contributed by atoms with Crippen LogP contribution in [0.1, 0.15) is 31.0 Å². The second-order valence-corrected chi connectivity index (χ2v) is 3.51. The van der Waals surface area contributed by atoms with Crippen molar-refractivity contribution in [1.82, 2.24) is 15.5 Å². The first-order valence-corrected chi connectivity index (χ1v) is 5.43. The summed E-state index contributed by atoms with van der Waals surface area (Å²) in [5.74, 6) is 1.38. The highest BCUT2D eigenvalue weighted by atomic mass is 16.5. The fourth-order valence-electron chi connectivity index (χ4n) is 1.31. The van der Waals surface area contributed by atoms with E-state index in [1.165, 1.54) is 0 Å². The highest BCUT2D eigenvalue weighted by Gasteiger charge is 2.00. The van der Waals surface area contributed by atoms with Crippen molar-refractivity contribution in [3.05, 3.63) is 11.7 Å². The number of nitrogens with zero attached hydrogens (tertiary/aromatic N) is 2. The van der Waals surface area contributed by atoms with Crippen LogP contribution in [0.4, 0.5) is 0 Å². The lowest BCUT2D eigenvalue weighted by Crippen LogP contribution is -2.19. The standard InChI is InChI=1S/C10H19N3O2/c1-9-12-10(13-15-9)5-7-11-6-3-2-4-8-14/h11,14H,2-8H2,1H3. The average Bonchev–Trinajstić information content (AvgIpc) is 2.63. The van der Waals surface area contributed by atoms with E-state index in [1.54, 1.807) is 6.92 Å². The van der Waals surface area contributed by atoms with Gasteiger partial charge >= 0.3 is 0 Å². The summed E-state index contributed by atoms with van der Waals surface area (Å²) in [5, 5.41) is 15.7. The molecule has 0 aliphatic rings. The van der Waals surface area contributed by atoms with Gasteiger partial charge in [0.25, 0.3) is 0 Å². The molecule has 1 aromatic heterocycles. The second kappa shape index (κ2) is 7.36. The number of aromatic nitrogens is 2. The summed E-state index contributed by atoms with van der Waals surface area (Å²) in [6, 6.07) is 0. The Morgan fingerprint density at radius 2 is 2.13 bits per heavy atom. The van der Waals surface area contributed by atoms with Gasteiger partial charge in [-0.25, -0.2) is 0 Å². The van der Waals surface area contributed by atoms with Crippen molar-refractivity contribution in [2.45, 2.75) is 32.6 Å². The van der Waals surface area contributed by atoms with Gasteiger partial charge < -0.3 is 14.9 Å². The van der Waals surface area contributed by atoms with Gasteiger partial charge in [-0.05, 0) is 25.8 Å². The van der Waals surface area contributed by atoms with Crippen LogP contribution in [0.25, 0.3) is 0 Å². The molecule has 0 fully saturated rings. The van der Waals surface area contributed by atoms with Crippen molar-refractivity contribution >= 4 is 0 Å². The van der Waals surface area contributed by atoms with Crippen LogP contribution in [0.3, 0.4) is 0 Å². The smallest absolute Gasteiger partial charge is 0.223 e. The topological polar surface area (TPSA) is 71.2 Å². The first-order chi connectivity index (χ1) is 7.33. The van der Waals surface area contributed by atoms with E-state index in [2.05, 4.69) is 15.5 Å². The highest BCUT2D eigenvalue weighted by molar-refractivity contribution is 4.84. The van der Waals surface area contributed by atoms with E-state index in [0.29, 0.717) is 12.5 Å². The minimum absolute atomic E-state index is 0.294. The maximum absolute atomic E-state index is 8.57. The van der Waals surface area contributed by atoms with Crippen LogP contribution >= 0.6 is 0 Å². The first-order valence-electron chi connectivity index (χ1n) is 5.43. The molecule has 0 radical (unpaired) electrons. The van der Waals surface area contributed by atoms with Crippen LogP contribution in [0.15, 0.2) is 4.52 Å². The lowest BCUT2D eigenvalue weighted by Gasteiger charge is -2.01. The van der Waals surface area contributed by atoms with Crippen molar-refractivity contribution in [2.24, 2.45) is 0 Å². The average molecular weight is 213 g/mol. The molecule has 0 spiro atoms. The molecule has 2 N–H and O–H groups in total. The number of aliphatic hydroxyl groups is 1. The van der Waals surface area contributed by atoms with Crippen molar-refractivity contribution in [3.8, 4) is 0 Å². The lowest BCUT2D eigenvalue weighted by atomic mass is 10.2. The van der Waals surface area contributed by atoms with E-state index >= 15 is 0 Å². The Morgan fingerprint density at radius 1 is 1.27 bits per heavy atom. The summed E-state index contributed by atoms with van der Waals surface area (Å²) in [7, 11) is 0. The van der Waals surface area contributed by atoms with E-state index < -0.39 is 0 Å². The summed E-state index contributed by atoms with van der Waals surface area (Å²) in [4.78, 5) is 4.11. The summed E-state index contributed by atoms with van der Waals surface area (Å²) in [6.07, 6.45) is 3.87. The number of aryl methyl sites for hydroxylation is 1. The molecule has 5 heteroatoms. The molecule has 0 atom stereocenters. The van der Waals surface area contributed by atoms with E-state index in [4.69, 9.17) is 9.63 Å². The van der Waals surface area contributed by atoms with Gasteiger partial charge in [-0.3, -0.25) is 0 Å². The van der Waals surface area contributed by atoms with Gasteiger partial charge in [-0.15, -0.1) is 0 Å². The molecule has 0 aliphatic carbocycles. The zero-order valence-corrected chi connectivity index (χ0v) is 9.20. The lowest BCUT2D eigenvalue weighted by molar-refractivity contribution is 0.283. The molecule has 1 aromatic rings. The highest BCUT2D eigenvalue weighted by Crippen LogP contribution is 1.95. The van der Waals surface area contributed by atoms with E-state index in [0.717, 1.165) is 44.6 Å². The minimum atomic E-state index is 0.294. The Balaban J connectivity index is 1.93. The van der Waals surface area contributed by atoms with Crippen LogP contribution in [0.5, 0.6) is 0 Å². The maximum atomic E-state index is 8.57. The third kappa shape index (κ3) is 5.49. The van der Waals surface area contributed by atoms with Gasteiger partial charge in [0.15, 0.2) is 5.82 Å². The Morgan fingerprint density at radius 3 is 2.80 bits per heavy atom. The van der Waals surface area contributed by atoms with Gasteiger partial charge in [0.1, 0.15) is 0 Å². The van der Waals surface area contributed by atoms with Gasteiger partial charge in [0.05, 0.1) is 0 Å². The molecule has 5 nitrogen and oxygen atoms in total. The molecule has 0 aromatic carbocycles. The zero-order chi connectivity index (χ0) is 10.9. The van der Waals surface area contributed by atoms with Gasteiger partial charge in [-0.2, -0.15) is 4.98 Å². The van der Waals surface area contributed by atoms with Gasteiger partial charge in [-0.1, -0.05) is 5.16 Å². The van der Waals surface area contributed by atoms with Crippen LogP contribution < -0.4 is 5.32 Å². The van der Waals surface area contributed by atoms with Crippen molar-refractivity contribution in [1.29, 1.82) is 0 Å². The number of aliphatic hydroxyl groups excluding tert-OH is 1. The number of hydrogen-bond donors (Lipinski definition) is 2. The first kappa shape index (κ1) is 12.1. The monoisotopic (exact) mass is 213 g/mol.